The zero-order valence-corrected chi connectivity index (χ0v) is 24.1. The minimum Gasteiger partial charge on any atom is -0.493 e. The van der Waals surface area contributed by atoms with Crippen LogP contribution < -0.4 is 9.47 Å². The van der Waals surface area contributed by atoms with Crippen LogP contribution in [0, 0.1) is 0 Å². The first-order valence-corrected chi connectivity index (χ1v) is 14.7. The topological polar surface area (TPSA) is 78.1 Å². The molecule has 3 aliphatic heterocycles. The Morgan fingerprint density at radius 2 is 1.62 bits per heavy atom. The van der Waals surface area contributed by atoms with E-state index in [1.54, 1.807) is 14.2 Å². The minimum atomic E-state index is -0.557. The predicted molar refractivity (Wildman–Crippen MR) is 160 cm³/mol. The molecule has 0 bridgehead atoms. The van der Waals surface area contributed by atoms with Gasteiger partial charge in [0, 0.05) is 48.7 Å². The van der Waals surface area contributed by atoms with Crippen molar-refractivity contribution in [2.24, 2.45) is 0 Å². The van der Waals surface area contributed by atoms with E-state index in [-0.39, 0.29) is 24.4 Å². The first-order valence-electron chi connectivity index (χ1n) is 14.7. The van der Waals surface area contributed by atoms with Gasteiger partial charge in [0.15, 0.2) is 11.5 Å². The van der Waals surface area contributed by atoms with Crippen molar-refractivity contribution >= 4 is 22.7 Å². The van der Waals surface area contributed by atoms with Crippen LogP contribution in [-0.2, 0) is 22.6 Å². The molecule has 2 atom stereocenters. The molecule has 8 nitrogen and oxygen atoms in total. The van der Waals surface area contributed by atoms with Crippen LogP contribution in [-0.4, -0.2) is 77.4 Å². The molecule has 0 saturated carbocycles. The highest BCUT2D eigenvalue weighted by molar-refractivity contribution is 5.98. The van der Waals surface area contributed by atoms with Crippen LogP contribution in [0.5, 0.6) is 11.5 Å². The van der Waals surface area contributed by atoms with Crippen LogP contribution >= 0.6 is 0 Å². The van der Waals surface area contributed by atoms with Gasteiger partial charge < -0.3 is 24.3 Å². The number of ether oxygens (including phenoxy) is 2. The molecule has 216 valence electrons. The molecule has 4 heterocycles. The van der Waals surface area contributed by atoms with Crippen LogP contribution in [0.25, 0.3) is 10.9 Å². The number of fused-ring (bicyclic) bond motifs is 4. The molecule has 0 aliphatic carbocycles. The fourth-order valence-electron chi connectivity index (χ4n) is 7.20. The van der Waals surface area contributed by atoms with Crippen molar-refractivity contribution in [3.8, 4) is 11.5 Å². The van der Waals surface area contributed by atoms with Gasteiger partial charge >= 0.3 is 0 Å². The van der Waals surface area contributed by atoms with Gasteiger partial charge in [0.2, 0.25) is 11.8 Å². The number of piperidine rings is 1. The zero-order valence-electron chi connectivity index (χ0n) is 24.1. The Morgan fingerprint density at radius 3 is 2.38 bits per heavy atom. The summed E-state index contributed by atoms with van der Waals surface area (Å²) in [5.74, 6) is 1.25. The number of piperazine rings is 1. The van der Waals surface area contributed by atoms with Gasteiger partial charge in [-0.25, -0.2) is 0 Å². The first kappa shape index (κ1) is 26.6. The molecule has 1 aromatic heterocycles. The Kier molecular flexibility index (Phi) is 6.86. The maximum absolute atomic E-state index is 14.3. The highest BCUT2D eigenvalue weighted by Gasteiger charge is 2.49. The summed E-state index contributed by atoms with van der Waals surface area (Å²) < 4.78 is 11.1. The molecule has 42 heavy (non-hydrogen) atoms. The van der Waals surface area contributed by atoms with Crippen LogP contribution in [0.1, 0.15) is 41.3 Å². The van der Waals surface area contributed by atoms with Gasteiger partial charge in [-0.2, -0.15) is 0 Å². The van der Waals surface area contributed by atoms with Crippen molar-refractivity contribution in [1.82, 2.24) is 19.7 Å². The lowest BCUT2D eigenvalue weighted by Crippen LogP contribution is -2.65. The van der Waals surface area contributed by atoms with Crippen LogP contribution in [0.3, 0.4) is 0 Å². The second kappa shape index (κ2) is 10.8. The second-order valence-corrected chi connectivity index (χ2v) is 11.6. The SMILES string of the molecule is COc1ccc([C@@H]2c3[nH]c4ccccc4c3C[C@H]3C(=O)N(C4CCN(Cc5ccccc5)CC4)CC(=O)N23)cc1OC. The maximum atomic E-state index is 14.3. The lowest BCUT2D eigenvalue weighted by atomic mass is 9.85. The lowest BCUT2D eigenvalue weighted by Gasteiger charge is -2.49. The predicted octanol–water partition coefficient (Wildman–Crippen LogP) is 4.53. The van der Waals surface area contributed by atoms with Crippen molar-refractivity contribution in [2.75, 3.05) is 33.9 Å². The van der Waals surface area contributed by atoms with Crippen molar-refractivity contribution < 1.29 is 19.1 Å². The van der Waals surface area contributed by atoms with Gasteiger partial charge in [-0.05, 0) is 47.7 Å². The molecule has 2 fully saturated rings. The Labute approximate surface area is 245 Å². The Balaban J connectivity index is 1.20. The second-order valence-electron chi connectivity index (χ2n) is 11.6. The molecule has 8 heteroatoms. The average molecular weight is 565 g/mol. The number of aromatic nitrogens is 1. The molecular weight excluding hydrogens is 528 g/mol. The molecule has 0 unspecified atom stereocenters. The van der Waals surface area contributed by atoms with E-state index in [9.17, 15) is 9.59 Å². The number of likely N-dealkylation sites (tertiary alicyclic amines) is 1. The van der Waals surface area contributed by atoms with E-state index in [1.807, 2.05) is 46.2 Å². The Hall–Kier alpha value is -4.30. The first-order chi connectivity index (χ1) is 20.6. The van der Waals surface area contributed by atoms with E-state index >= 15 is 0 Å². The van der Waals surface area contributed by atoms with Gasteiger partial charge in [0.25, 0.3) is 0 Å². The number of nitrogens with zero attached hydrogens (tertiary/aromatic N) is 3. The number of nitrogens with one attached hydrogen (secondary N) is 1. The summed E-state index contributed by atoms with van der Waals surface area (Å²) >= 11 is 0. The summed E-state index contributed by atoms with van der Waals surface area (Å²) in [6, 6.07) is 23.5. The molecule has 3 aliphatic rings. The number of para-hydroxylation sites is 1. The summed E-state index contributed by atoms with van der Waals surface area (Å²) in [5, 5.41) is 1.10. The van der Waals surface area contributed by atoms with Crippen molar-refractivity contribution in [1.29, 1.82) is 0 Å². The molecule has 3 aromatic carbocycles. The minimum absolute atomic E-state index is 0.0181. The molecule has 0 radical (unpaired) electrons. The van der Waals surface area contributed by atoms with Crippen molar-refractivity contribution in [2.45, 2.75) is 43.9 Å². The highest BCUT2D eigenvalue weighted by atomic mass is 16.5. The number of H-pyrrole nitrogens is 1. The third-order valence-corrected chi connectivity index (χ3v) is 9.26. The number of aromatic amines is 1. The highest BCUT2D eigenvalue weighted by Crippen LogP contribution is 2.44. The summed E-state index contributed by atoms with van der Waals surface area (Å²) in [7, 11) is 3.22. The standard InChI is InChI=1S/C34H36N4O4/c1-41-29-13-12-23(18-30(29)42-2)33-32-26(25-10-6-7-11-27(25)35-32)19-28-34(40)37(21-31(39)38(28)33)24-14-16-36(17-15-24)20-22-8-4-3-5-9-22/h3-13,18,24,28,33,35H,14-17,19-21H2,1-2H3/t28-,33+/m0/s1. The van der Waals surface area contributed by atoms with Crippen LogP contribution in [0.2, 0.25) is 0 Å². The summed E-state index contributed by atoms with van der Waals surface area (Å²) in [4.78, 5) is 38.1. The molecule has 7 rings (SSSR count). The largest absolute Gasteiger partial charge is 0.493 e. The Bertz CT molecular complexity index is 1630. The average Bonchev–Trinajstić information content (AvgIpc) is 3.41. The van der Waals surface area contributed by atoms with E-state index in [0.29, 0.717) is 17.9 Å². The number of methoxy groups -OCH3 is 2. The molecule has 0 spiro atoms. The van der Waals surface area contributed by atoms with Crippen LogP contribution in [0.15, 0.2) is 72.8 Å². The number of hydrogen-bond donors (Lipinski definition) is 1. The molecule has 4 aromatic rings. The van der Waals surface area contributed by atoms with Gasteiger partial charge in [-0.1, -0.05) is 54.6 Å². The Morgan fingerprint density at radius 1 is 0.881 bits per heavy atom. The smallest absolute Gasteiger partial charge is 0.246 e. The quantitative estimate of drug-likeness (QED) is 0.372. The normalized spacial score (nSPS) is 21.4. The van der Waals surface area contributed by atoms with Crippen molar-refractivity contribution in [3.05, 3.63) is 95.2 Å². The van der Waals surface area contributed by atoms with Gasteiger partial charge in [0.05, 0.1) is 20.3 Å². The maximum Gasteiger partial charge on any atom is 0.246 e. The van der Waals surface area contributed by atoms with Crippen molar-refractivity contribution in [3.63, 3.8) is 0 Å². The summed E-state index contributed by atoms with van der Waals surface area (Å²) in [6.07, 6.45) is 2.24. The van der Waals surface area contributed by atoms with Gasteiger partial charge in [-0.3, -0.25) is 14.5 Å². The van der Waals surface area contributed by atoms with Crippen LogP contribution in [0.4, 0.5) is 0 Å². The number of benzene rings is 3. The fraction of sp³-hybridized carbons (Fsp3) is 0.353. The zero-order chi connectivity index (χ0) is 28.8. The van der Waals surface area contributed by atoms with E-state index in [0.717, 1.165) is 60.2 Å². The number of hydrogen-bond acceptors (Lipinski definition) is 5. The molecule has 2 amide bonds. The number of carbonyl (C=O) groups excluding carboxylic acids is 2. The van der Waals surface area contributed by atoms with E-state index in [1.165, 1.54) is 5.56 Å². The molecule has 2 saturated heterocycles. The number of amides is 2. The third kappa shape index (κ3) is 4.50. The van der Waals surface area contributed by atoms with E-state index in [4.69, 9.17) is 9.47 Å². The molecular formula is C34H36N4O4. The molecule has 1 N–H and O–H groups in total. The number of carbonyl (C=O) groups is 2. The third-order valence-electron chi connectivity index (χ3n) is 9.26. The van der Waals surface area contributed by atoms with Gasteiger partial charge in [-0.15, -0.1) is 0 Å². The fourth-order valence-corrected chi connectivity index (χ4v) is 7.20. The number of rotatable bonds is 6. The monoisotopic (exact) mass is 564 g/mol. The van der Waals surface area contributed by atoms with E-state index < -0.39 is 12.1 Å². The van der Waals surface area contributed by atoms with Gasteiger partial charge in [0.1, 0.15) is 12.6 Å². The lowest BCUT2D eigenvalue weighted by molar-refractivity contribution is -0.161. The summed E-state index contributed by atoms with van der Waals surface area (Å²) in [5.41, 5.74) is 5.26. The summed E-state index contributed by atoms with van der Waals surface area (Å²) in [6.45, 7) is 2.84. The van der Waals surface area contributed by atoms with E-state index in [2.05, 4.69) is 46.3 Å².